The lowest BCUT2D eigenvalue weighted by atomic mass is 9.97. The van der Waals surface area contributed by atoms with Crippen LogP contribution in [0.5, 0.6) is 0 Å². The van der Waals surface area contributed by atoms with Gasteiger partial charge in [0.25, 0.3) is 5.56 Å². The van der Waals surface area contributed by atoms with Gasteiger partial charge in [0.05, 0.1) is 30.2 Å². The second-order valence-corrected chi connectivity index (χ2v) is 12.4. The van der Waals surface area contributed by atoms with Gasteiger partial charge in [0.1, 0.15) is 5.39 Å². The lowest BCUT2D eigenvalue weighted by Gasteiger charge is -2.24. The molecule has 4 rings (SSSR count). The first-order valence-corrected chi connectivity index (χ1v) is 12.7. The van der Waals surface area contributed by atoms with Crippen LogP contribution >= 0.6 is 0 Å². The summed E-state index contributed by atoms with van der Waals surface area (Å²) in [5.74, 6) is 4.10. The van der Waals surface area contributed by atoms with E-state index in [0.717, 1.165) is 6.42 Å². The highest BCUT2D eigenvalue weighted by atomic mass is 32.2. The lowest BCUT2D eigenvalue weighted by molar-refractivity contribution is 0.110. The van der Waals surface area contributed by atoms with Crippen molar-refractivity contribution in [2.75, 3.05) is 18.5 Å². The minimum Gasteiger partial charge on any atom is -0.379 e. The van der Waals surface area contributed by atoms with Gasteiger partial charge in [-0.3, -0.25) is 13.7 Å². The van der Waals surface area contributed by atoms with Gasteiger partial charge in [0.2, 0.25) is 0 Å². The number of anilines is 2. The van der Waals surface area contributed by atoms with Gasteiger partial charge >= 0.3 is 0 Å². The normalized spacial score (nSPS) is 21.2. The van der Waals surface area contributed by atoms with E-state index < -0.39 is 14.3 Å². The Balaban J connectivity index is 1.74. The molecule has 2 N–H and O–H groups in total. The van der Waals surface area contributed by atoms with Gasteiger partial charge in [-0.15, -0.1) is 0 Å². The molecule has 0 radical (unpaired) electrons. The fraction of sp³-hybridized carbons (Fsp3) is 0.417. The molecular weight excluding hydrogens is 438 g/mol. The Morgan fingerprint density at radius 3 is 2.70 bits per heavy atom. The number of fused-ring (bicyclic) bond motifs is 1. The SMILES string of the molecule is C=S(=O)(c1ccc(Nc2nn(C3COCCC[C@H]3C#N)c3cc[nH]c(=O)c23)cc1)C(C)(C)C. The van der Waals surface area contributed by atoms with Crippen LogP contribution in [0.3, 0.4) is 0 Å². The maximum absolute atomic E-state index is 13.1. The highest BCUT2D eigenvalue weighted by Gasteiger charge is 2.29. The van der Waals surface area contributed by atoms with Crippen molar-refractivity contribution in [3.8, 4) is 6.07 Å². The van der Waals surface area contributed by atoms with Crippen molar-refractivity contribution in [3.63, 3.8) is 0 Å². The molecule has 2 aromatic heterocycles. The van der Waals surface area contributed by atoms with E-state index in [1.165, 1.54) is 0 Å². The lowest BCUT2D eigenvalue weighted by Crippen LogP contribution is -2.27. The summed E-state index contributed by atoms with van der Waals surface area (Å²) in [6.07, 6.45) is 3.11. The topological polar surface area (TPSA) is 113 Å². The van der Waals surface area contributed by atoms with Gasteiger partial charge in [0, 0.05) is 37.7 Å². The Hall–Kier alpha value is -3.09. The highest BCUT2D eigenvalue weighted by Crippen LogP contribution is 2.32. The first-order valence-electron chi connectivity index (χ1n) is 10.9. The maximum atomic E-state index is 13.1. The van der Waals surface area contributed by atoms with E-state index in [2.05, 4.69) is 22.2 Å². The smallest absolute Gasteiger partial charge is 0.261 e. The van der Waals surface area contributed by atoms with Gasteiger partial charge in [0.15, 0.2) is 5.82 Å². The van der Waals surface area contributed by atoms with Crippen LogP contribution < -0.4 is 10.9 Å². The van der Waals surface area contributed by atoms with Gasteiger partial charge in [-0.1, -0.05) is 0 Å². The van der Waals surface area contributed by atoms with E-state index in [0.29, 0.717) is 46.9 Å². The molecule has 1 aromatic carbocycles. The van der Waals surface area contributed by atoms with Crippen molar-refractivity contribution in [2.45, 2.75) is 49.3 Å². The molecule has 8 nitrogen and oxygen atoms in total. The number of aromatic amines is 1. The van der Waals surface area contributed by atoms with Crippen LogP contribution in [0, 0.1) is 17.2 Å². The molecule has 1 aliphatic heterocycles. The molecule has 0 bridgehead atoms. The third-order valence-electron chi connectivity index (χ3n) is 6.15. The molecule has 0 saturated carbocycles. The van der Waals surface area contributed by atoms with E-state index in [1.807, 2.05) is 20.8 Å². The fourth-order valence-electron chi connectivity index (χ4n) is 4.00. The van der Waals surface area contributed by atoms with Gasteiger partial charge in [-0.2, -0.15) is 10.4 Å². The average molecular weight is 468 g/mol. The number of hydrogen-bond acceptors (Lipinski definition) is 6. The summed E-state index contributed by atoms with van der Waals surface area (Å²) in [7, 11) is -2.48. The number of aromatic nitrogens is 3. The molecule has 0 spiro atoms. The molecule has 0 amide bonds. The highest BCUT2D eigenvalue weighted by molar-refractivity contribution is 8.01. The molecule has 33 heavy (non-hydrogen) atoms. The fourth-order valence-corrected chi connectivity index (χ4v) is 5.28. The number of hydrogen-bond donors (Lipinski definition) is 2. The van der Waals surface area contributed by atoms with E-state index in [1.54, 1.807) is 41.2 Å². The van der Waals surface area contributed by atoms with Crippen LogP contribution in [0.4, 0.5) is 11.5 Å². The minimum absolute atomic E-state index is 0.260. The zero-order valence-corrected chi connectivity index (χ0v) is 19.9. The predicted octanol–water partition coefficient (Wildman–Crippen LogP) is 3.83. The van der Waals surface area contributed by atoms with E-state index in [9.17, 15) is 14.3 Å². The van der Waals surface area contributed by atoms with Gasteiger partial charge in [-0.25, -0.2) is 0 Å². The van der Waals surface area contributed by atoms with E-state index in [-0.39, 0.29) is 17.5 Å². The zero-order valence-electron chi connectivity index (χ0n) is 19.1. The number of H-pyrrole nitrogens is 1. The molecule has 1 fully saturated rings. The molecule has 1 saturated heterocycles. The average Bonchev–Trinajstić information content (AvgIpc) is 2.97. The van der Waals surface area contributed by atoms with Crippen LogP contribution in [0.15, 0.2) is 46.2 Å². The number of pyridine rings is 1. The van der Waals surface area contributed by atoms with E-state index >= 15 is 0 Å². The second-order valence-electron chi connectivity index (χ2n) is 9.32. The van der Waals surface area contributed by atoms with Crippen LogP contribution in [0.2, 0.25) is 0 Å². The predicted molar refractivity (Wildman–Crippen MR) is 132 cm³/mol. The van der Waals surface area contributed by atoms with Crippen molar-refractivity contribution in [1.29, 1.82) is 5.26 Å². The van der Waals surface area contributed by atoms with Crippen molar-refractivity contribution >= 4 is 37.8 Å². The Bertz CT molecular complexity index is 1360. The number of rotatable bonds is 4. The van der Waals surface area contributed by atoms with Crippen molar-refractivity contribution in [3.05, 3.63) is 46.9 Å². The maximum Gasteiger partial charge on any atom is 0.261 e. The number of nitrogens with zero attached hydrogens (tertiary/aromatic N) is 3. The third-order valence-corrected chi connectivity index (χ3v) is 9.17. The number of nitriles is 1. The van der Waals surface area contributed by atoms with Crippen LogP contribution in [-0.2, 0) is 14.3 Å². The Labute approximate surface area is 193 Å². The minimum atomic E-state index is -2.48. The summed E-state index contributed by atoms with van der Waals surface area (Å²) >= 11 is 0. The molecule has 0 aliphatic carbocycles. The van der Waals surface area contributed by atoms with Crippen molar-refractivity contribution < 1.29 is 8.95 Å². The molecule has 2 unspecified atom stereocenters. The Kier molecular flexibility index (Phi) is 6.08. The summed E-state index contributed by atoms with van der Waals surface area (Å²) in [5.41, 5.74) is 1.07. The van der Waals surface area contributed by atoms with Crippen molar-refractivity contribution in [1.82, 2.24) is 14.8 Å². The Morgan fingerprint density at radius 1 is 1.30 bits per heavy atom. The summed E-state index contributed by atoms with van der Waals surface area (Å²) in [5, 5.41) is 18.1. The summed E-state index contributed by atoms with van der Waals surface area (Å²) in [6.45, 7) is 6.69. The standard InChI is InChI=1S/C24H29N5O3S/c1-24(2,3)33(4,31)18-9-7-17(8-10-18)27-22-21-19(11-12-26-23(21)30)29(28-22)20-15-32-13-5-6-16(20)14-25/h7-12,16,20H,4-6,13,15H2,1-3H3,(H,26,30)(H,27,28)/t16-,20?,33?/m0/s1. The summed E-state index contributed by atoms with van der Waals surface area (Å²) in [4.78, 5) is 16.1. The molecular formula is C24H29N5O3S. The third kappa shape index (κ3) is 4.28. The van der Waals surface area contributed by atoms with Crippen LogP contribution in [0.25, 0.3) is 10.9 Å². The molecule has 174 valence electrons. The molecule has 9 heteroatoms. The van der Waals surface area contributed by atoms with E-state index in [4.69, 9.17) is 9.84 Å². The monoisotopic (exact) mass is 467 g/mol. The van der Waals surface area contributed by atoms with Gasteiger partial charge < -0.3 is 15.0 Å². The first-order chi connectivity index (χ1) is 15.6. The van der Waals surface area contributed by atoms with Crippen LogP contribution in [0.1, 0.15) is 39.7 Å². The molecule has 3 aromatic rings. The summed E-state index contributed by atoms with van der Waals surface area (Å²) < 4.78 is 20.1. The second kappa shape index (κ2) is 8.69. The molecule has 3 atom stereocenters. The molecule has 1 aliphatic rings. The van der Waals surface area contributed by atoms with Gasteiger partial charge in [-0.05, 0) is 69.8 Å². The zero-order chi connectivity index (χ0) is 23.8. The number of benzene rings is 1. The number of ether oxygens (including phenoxy) is 1. The van der Waals surface area contributed by atoms with Crippen LogP contribution in [-0.4, -0.2) is 42.8 Å². The summed E-state index contributed by atoms with van der Waals surface area (Å²) in [6, 6.07) is 11.1. The first kappa shape index (κ1) is 23.1. The number of nitrogens with one attached hydrogen (secondary N) is 2. The largest absolute Gasteiger partial charge is 0.379 e. The van der Waals surface area contributed by atoms with Crippen molar-refractivity contribution in [2.24, 2.45) is 5.92 Å². The Morgan fingerprint density at radius 2 is 2.03 bits per heavy atom. The molecule has 3 heterocycles. The quantitative estimate of drug-likeness (QED) is 0.564.